The van der Waals surface area contributed by atoms with Crippen LogP contribution < -0.4 is 9.47 Å². The van der Waals surface area contributed by atoms with E-state index in [4.69, 9.17) is 29.2 Å². The highest BCUT2D eigenvalue weighted by atomic mass is 19.1. The number of benzene rings is 3. The molecule has 1 saturated heterocycles. The van der Waals surface area contributed by atoms with Gasteiger partial charge in [0.1, 0.15) is 17.7 Å². The van der Waals surface area contributed by atoms with Crippen molar-refractivity contribution in [2.75, 3.05) is 66.7 Å². The first-order valence-corrected chi connectivity index (χ1v) is 15.2. The third kappa shape index (κ3) is 10.6. The lowest BCUT2D eigenvalue weighted by molar-refractivity contribution is -0.134. The monoisotopic (exact) mass is 654 g/mol. The van der Waals surface area contributed by atoms with Gasteiger partial charge in [0.05, 0.1) is 33.5 Å². The summed E-state index contributed by atoms with van der Waals surface area (Å²) < 4.78 is 50.5. The summed E-state index contributed by atoms with van der Waals surface area (Å²) in [6.07, 6.45) is 1.61. The number of carboxylic acid groups (broad SMARTS) is 2. The molecule has 252 valence electrons. The highest BCUT2D eigenvalue weighted by molar-refractivity contribution is 5.89. The van der Waals surface area contributed by atoms with E-state index >= 15 is 0 Å². The lowest BCUT2D eigenvalue weighted by Gasteiger charge is -2.38. The summed E-state index contributed by atoms with van der Waals surface area (Å²) in [4.78, 5) is 24.0. The quantitative estimate of drug-likeness (QED) is 0.266. The standard InChI is InChI=1S/C31H36F2N2O4.C4H4O4/c1-36-28-19-24-11-17-38-30(27(24)20-29(28)37-2)21-35-14-12-34(13-15-35)16-18-39-31(22-3-7-25(32)8-4-22)23-5-9-26(33)10-6-23;5-3(6)1-2-4(7)8/h3-10,19-20,30-31H,11-18,21H2,1-2H3;1-2H,(H,5,6)(H,7,8)/b;2-1+. The van der Waals surface area contributed by atoms with Crippen LogP contribution in [0.15, 0.2) is 72.8 Å². The van der Waals surface area contributed by atoms with E-state index in [1.807, 2.05) is 0 Å². The Balaban J connectivity index is 0.000000555. The summed E-state index contributed by atoms with van der Waals surface area (Å²) in [5.41, 5.74) is 4.13. The van der Waals surface area contributed by atoms with E-state index in [1.165, 1.54) is 35.4 Å². The Morgan fingerprint density at radius 2 is 1.36 bits per heavy atom. The second-order valence-corrected chi connectivity index (χ2v) is 11.0. The number of carbonyl (C=O) groups is 2. The summed E-state index contributed by atoms with van der Waals surface area (Å²) in [5, 5.41) is 15.6. The minimum Gasteiger partial charge on any atom is -0.493 e. The van der Waals surface area contributed by atoms with Gasteiger partial charge < -0.3 is 29.2 Å². The van der Waals surface area contributed by atoms with Crippen LogP contribution in [0.1, 0.15) is 34.5 Å². The fraction of sp³-hybridized carbons (Fsp3) is 0.371. The fourth-order valence-electron chi connectivity index (χ4n) is 5.54. The molecule has 0 aliphatic carbocycles. The van der Waals surface area contributed by atoms with Gasteiger partial charge in [-0.25, -0.2) is 18.4 Å². The molecule has 1 atom stereocenters. The van der Waals surface area contributed by atoms with Crippen molar-refractivity contribution >= 4 is 11.9 Å². The normalized spacial score (nSPS) is 16.7. The van der Waals surface area contributed by atoms with E-state index in [1.54, 1.807) is 38.5 Å². The number of hydrogen-bond donors (Lipinski definition) is 2. The predicted molar refractivity (Wildman–Crippen MR) is 170 cm³/mol. The van der Waals surface area contributed by atoms with Crippen LogP contribution in [0.2, 0.25) is 0 Å². The molecule has 2 aliphatic heterocycles. The van der Waals surface area contributed by atoms with Gasteiger partial charge in [-0.1, -0.05) is 24.3 Å². The molecule has 0 amide bonds. The number of carboxylic acids is 2. The number of rotatable bonds is 12. The van der Waals surface area contributed by atoms with Crippen LogP contribution in [0.5, 0.6) is 11.5 Å². The van der Waals surface area contributed by atoms with Gasteiger partial charge in [0.25, 0.3) is 0 Å². The first kappa shape index (κ1) is 35.5. The van der Waals surface area contributed by atoms with Crippen LogP contribution in [-0.2, 0) is 25.5 Å². The van der Waals surface area contributed by atoms with Gasteiger partial charge in [-0.15, -0.1) is 0 Å². The topological polar surface area (TPSA) is 118 Å². The second kappa shape index (κ2) is 17.5. The molecule has 47 heavy (non-hydrogen) atoms. The molecular formula is C35H40F2N2O8. The highest BCUT2D eigenvalue weighted by Gasteiger charge is 2.27. The Labute approximate surface area is 272 Å². The van der Waals surface area contributed by atoms with Crippen molar-refractivity contribution in [3.8, 4) is 11.5 Å². The highest BCUT2D eigenvalue weighted by Crippen LogP contribution is 2.37. The first-order chi connectivity index (χ1) is 22.7. The largest absolute Gasteiger partial charge is 0.493 e. The molecule has 3 aromatic carbocycles. The Hall–Kier alpha value is -4.36. The number of nitrogens with zero attached hydrogens (tertiary/aromatic N) is 2. The van der Waals surface area contributed by atoms with Crippen LogP contribution in [0.25, 0.3) is 0 Å². The number of hydrogen-bond acceptors (Lipinski definition) is 8. The Kier molecular flexibility index (Phi) is 13.2. The minimum absolute atomic E-state index is 0.00983. The van der Waals surface area contributed by atoms with E-state index < -0.39 is 11.9 Å². The molecule has 2 N–H and O–H groups in total. The molecule has 0 bridgehead atoms. The summed E-state index contributed by atoms with van der Waals surface area (Å²) in [6, 6.07) is 16.7. The Morgan fingerprint density at radius 3 is 1.87 bits per heavy atom. The molecule has 3 aromatic rings. The summed E-state index contributed by atoms with van der Waals surface area (Å²) >= 11 is 0. The number of methoxy groups -OCH3 is 2. The lowest BCUT2D eigenvalue weighted by atomic mass is 9.96. The zero-order valence-corrected chi connectivity index (χ0v) is 26.4. The van der Waals surface area contributed by atoms with E-state index in [0.29, 0.717) is 25.4 Å². The molecule has 2 heterocycles. The van der Waals surface area contributed by atoms with Gasteiger partial charge in [0.2, 0.25) is 0 Å². The maximum absolute atomic E-state index is 13.5. The molecule has 12 heteroatoms. The third-order valence-corrected chi connectivity index (χ3v) is 7.98. The summed E-state index contributed by atoms with van der Waals surface area (Å²) in [5.74, 6) is -1.62. The fourth-order valence-corrected chi connectivity index (χ4v) is 5.54. The van der Waals surface area contributed by atoms with Gasteiger partial charge in [0.15, 0.2) is 11.5 Å². The summed E-state index contributed by atoms with van der Waals surface area (Å²) in [6.45, 7) is 6.60. The van der Waals surface area contributed by atoms with E-state index in [9.17, 15) is 18.4 Å². The molecule has 1 fully saturated rings. The molecular weight excluding hydrogens is 614 g/mol. The number of piperazine rings is 1. The Morgan fingerprint density at radius 1 is 0.851 bits per heavy atom. The molecule has 10 nitrogen and oxygen atoms in total. The molecule has 1 unspecified atom stereocenters. The van der Waals surface area contributed by atoms with Gasteiger partial charge in [-0.3, -0.25) is 9.80 Å². The predicted octanol–water partition coefficient (Wildman–Crippen LogP) is 4.73. The lowest BCUT2D eigenvalue weighted by Crippen LogP contribution is -2.48. The van der Waals surface area contributed by atoms with E-state index in [2.05, 4.69) is 21.9 Å². The van der Waals surface area contributed by atoms with Gasteiger partial charge in [-0.2, -0.15) is 0 Å². The maximum Gasteiger partial charge on any atom is 0.328 e. The zero-order valence-electron chi connectivity index (χ0n) is 26.4. The third-order valence-electron chi connectivity index (χ3n) is 7.98. The van der Waals surface area contributed by atoms with Gasteiger partial charge in [-0.05, 0) is 65.1 Å². The van der Waals surface area contributed by atoms with Crippen molar-refractivity contribution in [1.29, 1.82) is 0 Å². The number of fused-ring (bicyclic) bond motifs is 1. The van der Waals surface area contributed by atoms with E-state index in [-0.39, 0.29) is 23.8 Å². The van der Waals surface area contributed by atoms with Crippen LogP contribution in [0.3, 0.4) is 0 Å². The summed E-state index contributed by atoms with van der Waals surface area (Å²) in [7, 11) is 3.32. The average Bonchev–Trinajstić information content (AvgIpc) is 3.07. The average molecular weight is 655 g/mol. The number of halogens is 2. The van der Waals surface area contributed by atoms with E-state index in [0.717, 1.165) is 68.3 Å². The minimum atomic E-state index is -1.26. The van der Waals surface area contributed by atoms with Crippen molar-refractivity contribution in [3.63, 3.8) is 0 Å². The molecule has 0 saturated carbocycles. The van der Waals surface area contributed by atoms with Gasteiger partial charge in [0, 0.05) is 51.4 Å². The molecule has 5 rings (SSSR count). The number of ether oxygens (including phenoxy) is 4. The van der Waals surface area contributed by atoms with Crippen molar-refractivity contribution in [1.82, 2.24) is 9.80 Å². The smallest absolute Gasteiger partial charge is 0.328 e. The van der Waals surface area contributed by atoms with Crippen LogP contribution in [0.4, 0.5) is 8.78 Å². The number of aliphatic carboxylic acids is 2. The molecule has 2 aliphatic rings. The van der Waals surface area contributed by atoms with Crippen molar-refractivity contribution in [2.45, 2.75) is 18.6 Å². The molecule has 0 radical (unpaired) electrons. The van der Waals surface area contributed by atoms with Crippen molar-refractivity contribution in [2.24, 2.45) is 0 Å². The maximum atomic E-state index is 13.5. The second-order valence-electron chi connectivity index (χ2n) is 11.0. The Bertz CT molecular complexity index is 1430. The van der Waals surface area contributed by atoms with Crippen LogP contribution in [-0.4, -0.2) is 98.7 Å². The van der Waals surface area contributed by atoms with Crippen LogP contribution >= 0.6 is 0 Å². The van der Waals surface area contributed by atoms with Crippen molar-refractivity contribution < 1.29 is 47.5 Å². The molecule has 0 aromatic heterocycles. The van der Waals surface area contributed by atoms with Crippen molar-refractivity contribution in [3.05, 3.63) is 107 Å². The van der Waals surface area contributed by atoms with Gasteiger partial charge >= 0.3 is 11.9 Å². The zero-order chi connectivity index (χ0) is 33.8. The first-order valence-electron chi connectivity index (χ1n) is 15.2. The SMILES string of the molecule is COc1cc2c(cc1OC)C(CN1CCN(CCOC(c3ccc(F)cc3)c3ccc(F)cc3)CC1)OCC2.O=C(O)/C=C/C(=O)O. The molecule has 0 spiro atoms. The van der Waals surface area contributed by atoms with Crippen LogP contribution in [0, 0.1) is 11.6 Å².